The fourth-order valence-electron chi connectivity index (χ4n) is 1.02. The molecule has 0 aromatic carbocycles. The van der Waals surface area contributed by atoms with E-state index in [1.54, 1.807) is 12.1 Å². The summed E-state index contributed by atoms with van der Waals surface area (Å²) in [4.78, 5) is 3.82. The summed E-state index contributed by atoms with van der Waals surface area (Å²) in [5.41, 5.74) is 0. The zero-order chi connectivity index (χ0) is 11.5. The van der Waals surface area contributed by atoms with E-state index in [0.717, 1.165) is 0 Å². The Morgan fingerprint density at radius 2 is 2.27 bits per heavy atom. The Morgan fingerprint density at radius 3 is 2.80 bits per heavy atom. The summed E-state index contributed by atoms with van der Waals surface area (Å²) >= 11 is 5.53. The number of ether oxygens (including phenoxy) is 1. The van der Waals surface area contributed by atoms with Crippen LogP contribution in [0.4, 0.5) is 0 Å². The van der Waals surface area contributed by atoms with Crippen LogP contribution in [0.3, 0.4) is 0 Å². The number of methoxy groups -OCH3 is 1. The van der Waals surface area contributed by atoms with Crippen LogP contribution >= 0.6 is 11.6 Å². The van der Waals surface area contributed by atoms with E-state index in [4.69, 9.17) is 16.3 Å². The maximum atomic E-state index is 11.9. The second-order valence-electron chi connectivity index (χ2n) is 3.02. The first-order chi connectivity index (χ1) is 7.04. The number of rotatable bonds is 4. The summed E-state index contributed by atoms with van der Waals surface area (Å²) in [6.07, 6.45) is 1.41. The highest BCUT2D eigenvalue weighted by atomic mass is 35.5. The van der Waals surface area contributed by atoms with Crippen molar-refractivity contribution in [3.8, 4) is 5.75 Å². The molecule has 1 aromatic heterocycles. The molecule has 15 heavy (non-hydrogen) atoms. The smallest absolute Gasteiger partial charge is 0.203 e. The monoisotopic (exact) mass is 249 g/mol. The molecule has 4 nitrogen and oxygen atoms in total. The maximum Gasteiger partial charge on any atom is 0.203 e. The minimum absolute atomic E-state index is 0.0298. The summed E-state index contributed by atoms with van der Waals surface area (Å²) < 4.78 is 28.8. The average molecular weight is 250 g/mol. The fraction of sp³-hybridized carbons (Fsp3) is 0.444. The van der Waals surface area contributed by atoms with Crippen LogP contribution in [0.2, 0.25) is 0 Å². The Hall–Kier alpha value is -0.810. The lowest BCUT2D eigenvalue weighted by atomic mass is 10.5. The molecule has 1 rings (SSSR count). The lowest BCUT2D eigenvalue weighted by Crippen LogP contribution is -2.21. The molecule has 1 aromatic rings. The summed E-state index contributed by atoms with van der Waals surface area (Å²) in [5, 5.41) is -0.733. The van der Waals surface area contributed by atoms with Gasteiger partial charge in [0.15, 0.2) is 10.8 Å². The molecule has 0 saturated heterocycles. The molecule has 1 heterocycles. The van der Waals surface area contributed by atoms with Crippen LogP contribution in [0, 0.1) is 0 Å². The Labute approximate surface area is 94.2 Å². The quantitative estimate of drug-likeness (QED) is 0.759. The first-order valence-corrected chi connectivity index (χ1v) is 6.41. The third kappa shape index (κ3) is 2.41. The summed E-state index contributed by atoms with van der Waals surface area (Å²) in [6.45, 7) is 1.54. The SMILES string of the molecule is COc1cccnc1S(=O)(=O)C(C)CCl. The predicted molar refractivity (Wildman–Crippen MR) is 58.2 cm³/mol. The molecule has 84 valence electrons. The first-order valence-electron chi connectivity index (χ1n) is 4.33. The van der Waals surface area contributed by atoms with Crippen molar-refractivity contribution in [2.45, 2.75) is 17.2 Å². The highest BCUT2D eigenvalue weighted by Crippen LogP contribution is 2.24. The standard InChI is InChI=1S/C9H12ClNO3S/c1-7(6-10)15(12,13)9-8(14-2)4-3-5-11-9/h3-5,7H,6H2,1-2H3. The van der Waals surface area contributed by atoms with Crippen molar-refractivity contribution >= 4 is 21.4 Å². The Bertz CT molecular complexity index is 433. The molecule has 0 fully saturated rings. The second-order valence-corrected chi connectivity index (χ2v) is 5.61. The van der Waals surface area contributed by atoms with Crippen LogP contribution in [-0.4, -0.2) is 31.6 Å². The zero-order valence-corrected chi connectivity index (χ0v) is 10.0. The van der Waals surface area contributed by atoms with Crippen molar-refractivity contribution in [2.24, 2.45) is 0 Å². The third-order valence-electron chi connectivity index (χ3n) is 1.97. The van der Waals surface area contributed by atoms with Crippen molar-refractivity contribution in [3.63, 3.8) is 0 Å². The van der Waals surface area contributed by atoms with Gasteiger partial charge in [0.25, 0.3) is 0 Å². The predicted octanol–water partition coefficient (Wildman–Crippen LogP) is 1.49. The van der Waals surface area contributed by atoms with Gasteiger partial charge in [-0.2, -0.15) is 0 Å². The van der Waals surface area contributed by atoms with Gasteiger partial charge in [-0.3, -0.25) is 0 Å². The largest absolute Gasteiger partial charge is 0.494 e. The number of nitrogens with zero attached hydrogens (tertiary/aromatic N) is 1. The lowest BCUT2D eigenvalue weighted by molar-refractivity contribution is 0.398. The molecule has 0 bridgehead atoms. The van der Waals surface area contributed by atoms with Gasteiger partial charge in [0.05, 0.1) is 12.4 Å². The number of aromatic nitrogens is 1. The number of alkyl halides is 1. The molecule has 0 radical (unpaired) electrons. The van der Waals surface area contributed by atoms with Gasteiger partial charge in [0.1, 0.15) is 0 Å². The van der Waals surface area contributed by atoms with Gasteiger partial charge in [-0.05, 0) is 19.1 Å². The molecule has 0 N–H and O–H groups in total. The van der Waals surface area contributed by atoms with Crippen molar-refractivity contribution in [1.82, 2.24) is 4.98 Å². The molecule has 6 heteroatoms. The average Bonchev–Trinajstić information content (AvgIpc) is 2.27. The van der Waals surface area contributed by atoms with Gasteiger partial charge >= 0.3 is 0 Å². The number of hydrogen-bond donors (Lipinski definition) is 0. The van der Waals surface area contributed by atoms with E-state index >= 15 is 0 Å². The van der Waals surface area contributed by atoms with E-state index in [1.807, 2.05) is 0 Å². The minimum atomic E-state index is -3.50. The Morgan fingerprint density at radius 1 is 1.60 bits per heavy atom. The first kappa shape index (κ1) is 12.3. The molecular formula is C9H12ClNO3S. The number of halogens is 1. The molecule has 0 saturated carbocycles. The molecule has 0 aliphatic heterocycles. The molecule has 1 atom stereocenters. The number of pyridine rings is 1. The van der Waals surface area contributed by atoms with Gasteiger partial charge < -0.3 is 4.74 Å². The van der Waals surface area contributed by atoms with Crippen molar-refractivity contribution in [2.75, 3.05) is 13.0 Å². The normalized spacial score (nSPS) is 13.5. The van der Waals surface area contributed by atoms with Gasteiger partial charge in [-0.15, -0.1) is 11.6 Å². The Balaban J connectivity index is 3.27. The van der Waals surface area contributed by atoms with E-state index in [9.17, 15) is 8.42 Å². The van der Waals surface area contributed by atoms with Crippen LogP contribution in [0.1, 0.15) is 6.92 Å². The summed E-state index contributed by atoms with van der Waals surface area (Å²) in [5.74, 6) is 0.275. The van der Waals surface area contributed by atoms with Gasteiger partial charge in [0, 0.05) is 12.1 Å². The van der Waals surface area contributed by atoms with Gasteiger partial charge in [0.2, 0.25) is 9.84 Å². The van der Waals surface area contributed by atoms with Crippen LogP contribution in [0.25, 0.3) is 0 Å². The number of hydrogen-bond acceptors (Lipinski definition) is 4. The molecule has 0 spiro atoms. The zero-order valence-electron chi connectivity index (χ0n) is 8.47. The van der Waals surface area contributed by atoms with E-state index in [1.165, 1.54) is 20.2 Å². The highest BCUT2D eigenvalue weighted by Gasteiger charge is 2.27. The van der Waals surface area contributed by atoms with Crippen LogP contribution in [0.15, 0.2) is 23.4 Å². The van der Waals surface area contributed by atoms with Gasteiger partial charge in [-0.1, -0.05) is 0 Å². The van der Waals surface area contributed by atoms with Crippen molar-refractivity contribution in [1.29, 1.82) is 0 Å². The minimum Gasteiger partial charge on any atom is -0.494 e. The summed E-state index contributed by atoms with van der Waals surface area (Å²) in [7, 11) is -2.10. The van der Waals surface area contributed by atoms with Crippen molar-refractivity contribution in [3.05, 3.63) is 18.3 Å². The molecule has 0 aliphatic carbocycles. The maximum absolute atomic E-state index is 11.9. The van der Waals surface area contributed by atoms with Crippen molar-refractivity contribution < 1.29 is 13.2 Å². The molecule has 1 unspecified atom stereocenters. The van der Waals surface area contributed by atoms with E-state index in [2.05, 4.69) is 4.98 Å². The molecule has 0 aliphatic rings. The van der Waals surface area contributed by atoms with E-state index < -0.39 is 15.1 Å². The summed E-state index contributed by atoms with van der Waals surface area (Å²) in [6, 6.07) is 3.17. The van der Waals surface area contributed by atoms with E-state index in [-0.39, 0.29) is 16.7 Å². The van der Waals surface area contributed by atoms with E-state index in [0.29, 0.717) is 0 Å². The fourth-order valence-corrected chi connectivity index (χ4v) is 2.70. The molecule has 0 amide bonds. The van der Waals surface area contributed by atoms with Gasteiger partial charge in [-0.25, -0.2) is 13.4 Å². The number of sulfone groups is 1. The van der Waals surface area contributed by atoms with Crippen LogP contribution < -0.4 is 4.74 Å². The third-order valence-corrected chi connectivity index (χ3v) is 4.69. The topological polar surface area (TPSA) is 56.3 Å². The molecular weight excluding hydrogens is 238 g/mol. The Kier molecular flexibility index (Phi) is 3.93. The van der Waals surface area contributed by atoms with Crippen LogP contribution in [-0.2, 0) is 9.84 Å². The second kappa shape index (κ2) is 4.81. The lowest BCUT2D eigenvalue weighted by Gasteiger charge is -2.11. The highest BCUT2D eigenvalue weighted by molar-refractivity contribution is 7.92. The van der Waals surface area contributed by atoms with Crippen LogP contribution in [0.5, 0.6) is 5.75 Å².